The molecule has 2 atom stereocenters. The molecular formula is C21H24N4O3. The van der Waals surface area contributed by atoms with E-state index in [-0.39, 0.29) is 30.3 Å². The highest BCUT2D eigenvalue weighted by Crippen LogP contribution is 2.42. The van der Waals surface area contributed by atoms with Crippen LogP contribution in [0.5, 0.6) is 0 Å². The van der Waals surface area contributed by atoms with Crippen molar-refractivity contribution in [2.24, 2.45) is 5.92 Å². The minimum atomic E-state index is -0.407. The van der Waals surface area contributed by atoms with Crippen LogP contribution in [0.4, 0.5) is 4.79 Å². The van der Waals surface area contributed by atoms with Crippen LogP contribution in [0.15, 0.2) is 30.5 Å². The Morgan fingerprint density at radius 2 is 2.04 bits per heavy atom. The summed E-state index contributed by atoms with van der Waals surface area (Å²) in [5.74, 6) is 0.117. The summed E-state index contributed by atoms with van der Waals surface area (Å²) in [6, 6.07) is 7.84. The van der Waals surface area contributed by atoms with Gasteiger partial charge in [-0.2, -0.15) is 0 Å². The van der Waals surface area contributed by atoms with E-state index < -0.39 is 5.54 Å². The molecule has 2 saturated heterocycles. The third-order valence-electron chi connectivity index (χ3n) is 6.67. The number of nitrogens with zero attached hydrogens (tertiary/aromatic N) is 2. The van der Waals surface area contributed by atoms with Crippen molar-refractivity contribution < 1.29 is 14.4 Å². The Hall–Kier alpha value is -2.83. The zero-order valence-electron chi connectivity index (χ0n) is 15.7. The van der Waals surface area contributed by atoms with Crippen LogP contribution in [0.2, 0.25) is 0 Å². The molecule has 1 aliphatic carbocycles. The van der Waals surface area contributed by atoms with Gasteiger partial charge < -0.3 is 15.2 Å². The number of H-pyrrole nitrogens is 1. The van der Waals surface area contributed by atoms with Crippen LogP contribution in [0, 0.1) is 5.92 Å². The summed E-state index contributed by atoms with van der Waals surface area (Å²) in [4.78, 5) is 43.6. The summed E-state index contributed by atoms with van der Waals surface area (Å²) in [5, 5.41) is 4.23. The Morgan fingerprint density at radius 1 is 1.18 bits per heavy atom. The summed E-state index contributed by atoms with van der Waals surface area (Å²) >= 11 is 0. The summed E-state index contributed by atoms with van der Waals surface area (Å²) < 4.78 is 0. The minimum absolute atomic E-state index is 0.0417. The fourth-order valence-electron chi connectivity index (χ4n) is 5.21. The first-order chi connectivity index (χ1) is 13.6. The molecule has 1 aromatic carbocycles. The van der Waals surface area contributed by atoms with Gasteiger partial charge in [-0.25, -0.2) is 4.79 Å². The molecule has 2 aromatic rings. The molecule has 3 heterocycles. The number of para-hydroxylation sites is 1. The number of rotatable bonds is 5. The second-order valence-corrected chi connectivity index (χ2v) is 8.29. The average molecular weight is 380 g/mol. The fourth-order valence-corrected chi connectivity index (χ4v) is 5.21. The highest BCUT2D eigenvalue weighted by Gasteiger charge is 2.52. The highest BCUT2D eigenvalue weighted by molar-refractivity contribution is 6.02. The number of carbonyl (C=O) groups excluding carboxylic acids is 3. The summed E-state index contributed by atoms with van der Waals surface area (Å²) in [5.41, 5.74) is 1.81. The molecule has 7 nitrogen and oxygen atoms in total. The predicted octanol–water partition coefficient (Wildman–Crippen LogP) is 2.03. The molecule has 0 radical (unpaired) electrons. The van der Waals surface area contributed by atoms with Gasteiger partial charge in [-0.1, -0.05) is 24.6 Å². The molecule has 0 spiro atoms. The molecule has 2 unspecified atom stereocenters. The van der Waals surface area contributed by atoms with Crippen LogP contribution in [-0.4, -0.2) is 57.8 Å². The predicted molar refractivity (Wildman–Crippen MR) is 104 cm³/mol. The maximum absolute atomic E-state index is 12.9. The molecule has 2 N–H and O–H groups in total. The number of carbonyl (C=O) groups is 3. The number of imide groups is 1. The molecule has 3 fully saturated rings. The Kier molecular flexibility index (Phi) is 3.92. The lowest BCUT2D eigenvalue weighted by molar-refractivity contribution is -0.126. The zero-order valence-corrected chi connectivity index (χ0v) is 15.7. The first-order valence-electron chi connectivity index (χ1n) is 10.0. The molecular weight excluding hydrogens is 356 g/mol. The van der Waals surface area contributed by atoms with Crippen molar-refractivity contribution in [2.75, 3.05) is 19.6 Å². The lowest BCUT2D eigenvalue weighted by Crippen LogP contribution is -2.53. The molecule has 5 rings (SSSR count). The second kappa shape index (κ2) is 6.36. The summed E-state index contributed by atoms with van der Waals surface area (Å²) in [6.45, 7) is 0.937. The third kappa shape index (κ3) is 2.68. The number of benzene rings is 1. The Balaban J connectivity index is 1.28. The zero-order chi connectivity index (χ0) is 19.3. The van der Waals surface area contributed by atoms with E-state index in [1.165, 1.54) is 4.90 Å². The Morgan fingerprint density at radius 3 is 2.93 bits per heavy atom. The number of amides is 4. The molecule has 2 aliphatic heterocycles. The lowest BCUT2D eigenvalue weighted by atomic mass is 9.88. The molecule has 0 bridgehead atoms. The molecule has 7 heteroatoms. The van der Waals surface area contributed by atoms with Crippen LogP contribution < -0.4 is 5.32 Å². The van der Waals surface area contributed by atoms with Gasteiger partial charge in [0.1, 0.15) is 6.54 Å². The van der Waals surface area contributed by atoms with Crippen LogP contribution >= 0.6 is 0 Å². The topological polar surface area (TPSA) is 85.5 Å². The van der Waals surface area contributed by atoms with E-state index in [1.807, 2.05) is 24.4 Å². The van der Waals surface area contributed by atoms with Crippen LogP contribution in [0.3, 0.4) is 0 Å². The lowest BCUT2D eigenvalue weighted by Gasteiger charge is -2.32. The van der Waals surface area contributed by atoms with E-state index in [2.05, 4.69) is 16.4 Å². The van der Waals surface area contributed by atoms with Crippen molar-refractivity contribution in [3.05, 3.63) is 36.0 Å². The number of hydrogen-bond donors (Lipinski definition) is 2. The number of aromatic nitrogens is 1. The van der Waals surface area contributed by atoms with E-state index >= 15 is 0 Å². The van der Waals surface area contributed by atoms with Gasteiger partial charge >= 0.3 is 6.03 Å². The largest absolute Gasteiger partial charge is 0.361 e. The van der Waals surface area contributed by atoms with Crippen molar-refractivity contribution in [3.8, 4) is 0 Å². The summed E-state index contributed by atoms with van der Waals surface area (Å²) in [6.07, 6.45) is 6.04. The molecule has 1 saturated carbocycles. The van der Waals surface area contributed by atoms with Gasteiger partial charge in [-0.3, -0.25) is 14.5 Å². The maximum atomic E-state index is 12.9. The smallest absolute Gasteiger partial charge is 0.327 e. The van der Waals surface area contributed by atoms with Gasteiger partial charge in [-0.05, 0) is 36.8 Å². The van der Waals surface area contributed by atoms with Gasteiger partial charge in [0.15, 0.2) is 0 Å². The SMILES string of the molecule is O=C1CC2CCCC2(CN2C(=O)CN(CCc3c[nH]c4ccccc34)C2=O)N1. The number of fused-ring (bicyclic) bond motifs is 2. The van der Waals surface area contributed by atoms with Crippen LogP contribution in [0.1, 0.15) is 31.2 Å². The van der Waals surface area contributed by atoms with Gasteiger partial charge in [0.05, 0.1) is 12.1 Å². The fraction of sp³-hybridized carbons (Fsp3) is 0.476. The average Bonchev–Trinajstić information content (AvgIpc) is 3.39. The number of urea groups is 1. The molecule has 3 aliphatic rings. The maximum Gasteiger partial charge on any atom is 0.327 e. The summed E-state index contributed by atoms with van der Waals surface area (Å²) in [7, 11) is 0. The molecule has 4 amide bonds. The number of hydrogen-bond acceptors (Lipinski definition) is 3. The van der Waals surface area contributed by atoms with Crippen molar-refractivity contribution in [1.82, 2.24) is 20.1 Å². The van der Waals surface area contributed by atoms with E-state index in [1.54, 1.807) is 4.90 Å². The van der Waals surface area contributed by atoms with E-state index in [0.717, 1.165) is 35.7 Å². The Bertz CT molecular complexity index is 967. The van der Waals surface area contributed by atoms with Gasteiger partial charge in [-0.15, -0.1) is 0 Å². The molecule has 28 heavy (non-hydrogen) atoms. The highest BCUT2D eigenvalue weighted by atomic mass is 16.2. The van der Waals surface area contributed by atoms with Crippen LogP contribution in [-0.2, 0) is 16.0 Å². The first-order valence-corrected chi connectivity index (χ1v) is 10.0. The van der Waals surface area contributed by atoms with E-state index in [0.29, 0.717) is 25.9 Å². The van der Waals surface area contributed by atoms with Crippen molar-refractivity contribution in [3.63, 3.8) is 0 Å². The quantitative estimate of drug-likeness (QED) is 0.779. The van der Waals surface area contributed by atoms with Crippen molar-refractivity contribution in [1.29, 1.82) is 0 Å². The second-order valence-electron chi connectivity index (χ2n) is 8.29. The standard InChI is InChI=1S/C21H24N4O3/c26-18-10-15-4-3-8-21(15,23-18)13-25-19(27)12-24(20(25)28)9-7-14-11-22-17-6-2-1-5-16(14)17/h1-2,5-6,11,15,22H,3-4,7-10,12-13H2,(H,23,26). The van der Waals surface area contributed by atoms with Crippen LogP contribution in [0.25, 0.3) is 10.9 Å². The normalized spacial score (nSPS) is 27.1. The van der Waals surface area contributed by atoms with Gasteiger partial charge in [0.2, 0.25) is 11.8 Å². The number of aromatic amines is 1. The first kappa shape index (κ1) is 17.3. The molecule has 1 aromatic heterocycles. The van der Waals surface area contributed by atoms with Crippen molar-refractivity contribution >= 4 is 28.7 Å². The Labute approximate surface area is 163 Å². The monoisotopic (exact) mass is 380 g/mol. The third-order valence-corrected chi connectivity index (χ3v) is 6.67. The van der Waals surface area contributed by atoms with Crippen molar-refractivity contribution in [2.45, 2.75) is 37.6 Å². The van der Waals surface area contributed by atoms with E-state index in [9.17, 15) is 14.4 Å². The van der Waals surface area contributed by atoms with E-state index in [4.69, 9.17) is 0 Å². The van der Waals surface area contributed by atoms with Gasteiger partial charge in [0, 0.05) is 30.1 Å². The minimum Gasteiger partial charge on any atom is -0.361 e. The van der Waals surface area contributed by atoms with Gasteiger partial charge in [0.25, 0.3) is 0 Å². The molecule has 146 valence electrons. The number of nitrogens with one attached hydrogen (secondary N) is 2.